The molecule has 0 spiro atoms. The Hall–Kier alpha value is -3.38. The highest BCUT2D eigenvalue weighted by atomic mass is 19.1. The predicted molar refractivity (Wildman–Crippen MR) is 135 cm³/mol. The largest absolute Gasteiger partial charge is 0.497 e. The van der Waals surface area contributed by atoms with Gasteiger partial charge < -0.3 is 15.4 Å². The molecule has 3 aliphatic heterocycles. The van der Waals surface area contributed by atoms with Crippen molar-refractivity contribution in [2.24, 2.45) is 10.9 Å². The van der Waals surface area contributed by atoms with E-state index in [-0.39, 0.29) is 12.0 Å². The smallest absolute Gasteiger partial charge is 0.144 e. The summed E-state index contributed by atoms with van der Waals surface area (Å²) >= 11 is 0. The minimum atomic E-state index is -0.170. The molecule has 2 N–H and O–H groups in total. The number of rotatable bonds is 6. The number of nitrogens with zero attached hydrogens (tertiary/aromatic N) is 2. The molecule has 1 atom stereocenters. The molecule has 0 saturated carbocycles. The third kappa shape index (κ3) is 5.07. The Labute approximate surface area is 200 Å². The number of piperidine rings is 1. The van der Waals surface area contributed by atoms with Crippen molar-refractivity contribution in [3.63, 3.8) is 0 Å². The Morgan fingerprint density at radius 2 is 1.97 bits per heavy atom. The molecule has 34 heavy (non-hydrogen) atoms. The Bertz CT molecular complexity index is 1140. The molecule has 3 aliphatic rings. The van der Waals surface area contributed by atoms with Crippen LogP contribution >= 0.6 is 0 Å². The van der Waals surface area contributed by atoms with Crippen LogP contribution in [0.15, 0.2) is 83.6 Å². The van der Waals surface area contributed by atoms with Crippen LogP contribution in [0.4, 0.5) is 4.39 Å². The molecule has 0 aliphatic carbocycles. The Morgan fingerprint density at radius 3 is 2.74 bits per heavy atom. The molecule has 2 aromatic carbocycles. The predicted octanol–water partition coefficient (Wildman–Crippen LogP) is 4.50. The highest BCUT2D eigenvalue weighted by Gasteiger charge is 2.30. The molecule has 3 heterocycles. The number of likely N-dealkylation sites (tertiary alicyclic amines) is 1. The zero-order valence-electron chi connectivity index (χ0n) is 19.5. The van der Waals surface area contributed by atoms with E-state index in [4.69, 9.17) is 9.73 Å². The zero-order valence-corrected chi connectivity index (χ0v) is 19.5. The lowest BCUT2D eigenvalue weighted by Crippen LogP contribution is -2.39. The van der Waals surface area contributed by atoms with Crippen molar-refractivity contribution in [1.82, 2.24) is 15.5 Å². The van der Waals surface area contributed by atoms with Gasteiger partial charge in [0.2, 0.25) is 0 Å². The third-order valence-electron chi connectivity index (χ3n) is 6.74. The number of hydrogen-bond acceptors (Lipinski definition) is 5. The Kier molecular flexibility index (Phi) is 6.77. The number of nitrogens with one attached hydrogen (secondary N) is 2. The molecule has 6 heteroatoms. The Morgan fingerprint density at radius 1 is 1.12 bits per heavy atom. The van der Waals surface area contributed by atoms with Gasteiger partial charge in [-0.05, 0) is 79.2 Å². The van der Waals surface area contributed by atoms with Crippen molar-refractivity contribution in [3.8, 4) is 5.75 Å². The van der Waals surface area contributed by atoms with E-state index in [2.05, 4.69) is 46.0 Å². The number of dihydropyridines is 1. The van der Waals surface area contributed by atoms with Gasteiger partial charge in [0.05, 0.1) is 12.8 Å². The molecule has 0 aromatic heterocycles. The van der Waals surface area contributed by atoms with Crippen LogP contribution in [0.1, 0.15) is 24.0 Å². The first-order valence-corrected chi connectivity index (χ1v) is 11.9. The fourth-order valence-corrected chi connectivity index (χ4v) is 4.93. The van der Waals surface area contributed by atoms with Crippen LogP contribution in [0.5, 0.6) is 5.75 Å². The molecule has 1 unspecified atom stereocenters. The fourth-order valence-electron chi connectivity index (χ4n) is 4.93. The van der Waals surface area contributed by atoms with Gasteiger partial charge in [0.1, 0.15) is 17.7 Å². The van der Waals surface area contributed by atoms with Gasteiger partial charge in [-0.2, -0.15) is 0 Å². The molecule has 1 saturated heterocycles. The first kappa shape index (κ1) is 22.4. The summed E-state index contributed by atoms with van der Waals surface area (Å²) in [6.07, 6.45) is 10.4. The van der Waals surface area contributed by atoms with E-state index in [1.807, 2.05) is 24.4 Å². The number of halogens is 1. The van der Waals surface area contributed by atoms with Crippen molar-refractivity contribution >= 4 is 11.3 Å². The zero-order chi connectivity index (χ0) is 23.3. The van der Waals surface area contributed by atoms with E-state index in [0.717, 1.165) is 67.2 Å². The molecule has 1 fully saturated rings. The average molecular weight is 459 g/mol. The van der Waals surface area contributed by atoms with Crippen LogP contribution in [-0.4, -0.2) is 43.5 Å². The summed E-state index contributed by atoms with van der Waals surface area (Å²) in [7, 11) is 1.70. The van der Waals surface area contributed by atoms with E-state index in [1.165, 1.54) is 11.6 Å². The first-order chi connectivity index (χ1) is 16.7. The minimum Gasteiger partial charge on any atom is -0.497 e. The molecule has 0 amide bonds. The second-order valence-electron chi connectivity index (χ2n) is 9.00. The van der Waals surface area contributed by atoms with Crippen molar-refractivity contribution in [2.75, 3.05) is 26.7 Å². The lowest BCUT2D eigenvalue weighted by atomic mass is 9.84. The standard InChI is InChI=1S/C28H31FN4O/c1-34-25-7-3-5-23(17-25)26-18-31-28(22-8-12-30-13-9-22)32-27(26)21-10-14-33(15-11-21)19-20-4-2-6-24(29)16-20/h2-9,12,16-18,21,28,30-31H,10-11,13-15,19H2,1H3. The maximum absolute atomic E-state index is 13.6. The number of allylic oxidation sites excluding steroid dienone is 1. The fraction of sp³-hybridized carbons (Fsp3) is 0.321. The van der Waals surface area contributed by atoms with Gasteiger partial charge in [-0.3, -0.25) is 9.89 Å². The SMILES string of the molecule is COc1cccc(C2=CNC(C3=CCNC=C3)N=C2C2CCN(Cc3cccc(F)c3)CC2)c1. The minimum absolute atomic E-state index is 0.0759. The summed E-state index contributed by atoms with van der Waals surface area (Å²) in [5.41, 5.74) is 5.62. The second kappa shape index (κ2) is 10.3. The van der Waals surface area contributed by atoms with Gasteiger partial charge in [0, 0.05) is 30.8 Å². The molecular weight excluding hydrogens is 427 g/mol. The molecule has 0 radical (unpaired) electrons. The number of aliphatic imine (C=N–C) groups is 1. The van der Waals surface area contributed by atoms with Crippen molar-refractivity contribution in [3.05, 3.63) is 95.6 Å². The van der Waals surface area contributed by atoms with Gasteiger partial charge in [-0.1, -0.05) is 30.3 Å². The number of benzene rings is 2. The normalized spacial score (nSPS) is 21.1. The summed E-state index contributed by atoms with van der Waals surface area (Å²) in [5, 5.41) is 6.72. The van der Waals surface area contributed by atoms with Crippen LogP contribution < -0.4 is 15.4 Å². The quantitative estimate of drug-likeness (QED) is 0.669. The highest BCUT2D eigenvalue weighted by Crippen LogP contribution is 2.32. The van der Waals surface area contributed by atoms with Crippen LogP contribution in [0.3, 0.4) is 0 Å². The van der Waals surface area contributed by atoms with Gasteiger partial charge in [-0.15, -0.1) is 0 Å². The summed E-state index contributed by atoms with van der Waals surface area (Å²) in [6.45, 7) is 3.54. The van der Waals surface area contributed by atoms with Crippen LogP contribution in [0.25, 0.3) is 5.57 Å². The van der Waals surface area contributed by atoms with Crippen LogP contribution in [0, 0.1) is 11.7 Å². The highest BCUT2D eigenvalue weighted by molar-refractivity contribution is 6.25. The summed E-state index contributed by atoms with van der Waals surface area (Å²) in [6, 6.07) is 15.1. The average Bonchev–Trinajstić information content (AvgIpc) is 2.89. The first-order valence-electron chi connectivity index (χ1n) is 11.9. The number of methoxy groups -OCH3 is 1. The van der Waals surface area contributed by atoms with E-state index < -0.39 is 0 Å². The third-order valence-corrected chi connectivity index (χ3v) is 6.74. The van der Waals surface area contributed by atoms with Gasteiger partial charge >= 0.3 is 0 Å². The second-order valence-corrected chi connectivity index (χ2v) is 9.00. The van der Waals surface area contributed by atoms with Gasteiger partial charge in [0.15, 0.2) is 0 Å². The molecule has 176 valence electrons. The molecule has 0 bridgehead atoms. The van der Waals surface area contributed by atoms with Crippen LogP contribution in [0.2, 0.25) is 0 Å². The lowest BCUT2D eigenvalue weighted by Gasteiger charge is -2.35. The van der Waals surface area contributed by atoms with Gasteiger partial charge in [-0.25, -0.2) is 4.39 Å². The number of hydrogen-bond donors (Lipinski definition) is 2. The van der Waals surface area contributed by atoms with E-state index in [0.29, 0.717) is 5.92 Å². The van der Waals surface area contributed by atoms with Crippen molar-refractivity contribution in [2.45, 2.75) is 25.6 Å². The topological polar surface area (TPSA) is 48.9 Å². The molecule has 5 nitrogen and oxygen atoms in total. The summed E-state index contributed by atoms with van der Waals surface area (Å²) in [4.78, 5) is 7.66. The maximum Gasteiger partial charge on any atom is 0.144 e. The summed E-state index contributed by atoms with van der Waals surface area (Å²) in [5.74, 6) is 1.04. The van der Waals surface area contributed by atoms with E-state index in [1.54, 1.807) is 19.2 Å². The van der Waals surface area contributed by atoms with Crippen LogP contribution in [-0.2, 0) is 6.54 Å². The molecule has 2 aromatic rings. The van der Waals surface area contributed by atoms with E-state index >= 15 is 0 Å². The Balaban J connectivity index is 1.36. The lowest BCUT2D eigenvalue weighted by molar-refractivity contribution is 0.202. The van der Waals surface area contributed by atoms with Crippen molar-refractivity contribution in [1.29, 1.82) is 0 Å². The number of ether oxygens (including phenoxy) is 1. The molecule has 5 rings (SSSR count). The molecular formula is C28H31FN4O. The van der Waals surface area contributed by atoms with E-state index in [9.17, 15) is 4.39 Å². The summed E-state index contributed by atoms with van der Waals surface area (Å²) < 4.78 is 19.1. The van der Waals surface area contributed by atoms with Gasteiger partial charge in [0.25, 0.3) is 0 Å². The maximum atomic E-state index is 13.6. The van der Waals surface area contributed by atoms with Crippen molar-refractivity contribution < 1.29 is 9.13 Å². The monoisotopic (exact) mass is 458 g/mol.